The number of sulfonamides is 1. The Balaban J connectivity index is 2.00. The van der Waals surface area contributed by atoms with Gasteiger partial charge < -0.3 is 9.73 Å². The van der Waals surface area contributed by atoms with Crippen LogP contribution in [0, 0.1) is 6.92 Å². The molecule has 0 aliphatic heterocycles. The minimum atomic E-state index is -3.47. The fourth-order valence-corrected chi connectivity index (χ4v) is 4.10. The Labute approximate surface area is 123 Å². The van der Waals surface area contributed by atoms with Crippen LogP contribution in [-0.2, 0) is 23.0 Å². The van der Waals surface area contributed by atoms with E-state index in [0.717, 1.165) is 23.6 Å². The number of likely N-dealkylation sites (N-methyl/N-ethyl adjacent to an activating group) is 1. The summed E-state index contributed by atoms with van der Waals surface area (Å²) >= 11 is 1.30. The van der Waals surface area contributed by atoms with Gasteiger partial charge in [-0.2, -0.15) is 0 Å². The van der Waals surface area contributed by atoms with Gasteiger partial charge in [0.05, 0.1) is 6.54 Å². The normalized spacial score (nSPS) is 11.9. The summed E-state index contributed by atoms with van der Waals surface area (Å²) in [5.41, 5.74) is 0. The first-order valence-corrected chi connectivity index (χ1v) is 8.59. The summed E-state index contributed by atoms with van der Waals surface area (Å²) < 4.78 is 32.5. The highest BCUT2D eigenvalue weighted by Gasteiger charge is 2.17. The predicted molar refractivity (Wildman–Crippen MR) is 79.4 cm³/mol. The molecule has 0 bridgehead atoms. The number of furan rings is 1. The van der Waals surface area contributed by atoms with Gasteiger partial charge in [-0.25, -0.2) is 13.1 Å². The molecule has 2 aromatic rings. The maximum absolute atomic E-state index is 12.1. The van der Waals surface area contributed by atoms with E-state index in [1.807, 2.05) is 26.1 Å². The zero-order chi connectivity index (χ0) is 14.6. The third-order valence-corrected chi connectivity index (χ3v) is 5.79. The fraction of sp³-hybridized carbons (Fsp3) is 0.385. The van der Waals surface area contributed by atoms with Crippen LogP contribution in [0.1, 0.15) is 16.4 Å². The van der Waals surface area contributed by atoms with Crippen molar-refractivity contribution in [1.29, 1.82) is 0 Å². The second kappa shape index (κ2) is 6.53. The molecule has 0 aliphatic rings. The van der Waals surface area contributed by atoms with Crippen LogP contribution in [0.15, 0.2) is 32.9 Å². The Morgan fingerprint density at radius 1 is 1.25 bits per heavy atom. The van der Waals surface area contributed by atoms with Crippen LogP contribution < -0.4 is 10.0 Å². The van der Waals surface area contributed by atoms with Gasteiger partial charge in [-0.15, -0.1) is 11.3 Å². The molecule has 0 saturated carbocycles. The van der Waals surface area contributed by atoms with Crippen molar-refractivity contribution in [3.8, 4) is 0 Å². The number of hydrogen-bond donors (Lipinski definition) is 2. The molecule has 0 atom stereocenters. The Morgan fingerprint density at radius 2 is 2.05 bits per heavy atom. The second-order valence-electron chi connectivity index (χ2n) is 4.41. The van der Waals surface area contributed by atoms with Crippen molar-refractivity contribution in [3.05, 3.63) is 40.7 Å². The summed E-state index contributed by atoms with van der Waals surface area (Å²) in [5.74, 6) is 1.38. The lowest BCUT2D eigenvalue weighted by atomic mass is 10.3. The van der Waals surface area contributed by atoms with Crippen molar-refractivity contribution >= 4 is 21.4 Å². The summed E-state index contributed by atoms with van der Waals surface area (Å²) in [5, 5.41) is 3.04. The van der Waals surface area contributed by atoms with Crippen molar-refractivity contribution < 1.29 is 12.8 Å². The van der Waals surface area contributed by atoms with Gasteiger partial charge in [-0.3, -0.25) is 0 Å². The molecular weight excluding hydrogens is 296 g/mol. The van der Waals surface area contributed by atoms with E-state index >= 15 is 0 Å². The van der Waals surface area contributed by atoms with Crippen molar-refractivity contribution in [2.45, 2.75) is 24.1 Å². The van der Waals surface area contributed by atoms with Gasteiger partial charge in [0, 0.05) is 4.88 Å². The van der Waals surface area contributed by atoms with Gasteiger partial charge in [-0.1, -0.05) is 0 Å². The van der Waals surface area contributed by atoms with E-state index in [0.29, 0.717) is 9.97 Å². The zero-order valence-corrected chi connectivity index (χ0v) is 13.1. The lowest BCUT2D eigenvalue weighted by Crippen LogP contribution is -2.22. The van der Waals surface area contributed by atoms with E-state index in [-0.39, 0.29) is 6.54 Å². The van der Waals surface area contributed by atoms with Crippen molar-refractivity contribution in [3.63, 3.8) is 0 Å². The molecule has 0 fully saturated rings. The molecular formula is C13H18N2O3S2. The topological polar surface area (TPSA) is 71.3 Å². The smallest absolute Gasteiger partial charge is 0.250 e. The molecule has 0 aromatic carbocycles. The SMILES string of the molecule is CNCCc1ccc(S(=O)(=O)NCc2ccc(C)o2)s1. The zero-order valence-electron chi connectivity index (χ0n) is 11.5. The van der Waals surface area contributed by atoms with E-state index in [1.54, 1.807) is 12.1 Å². The second-order valence-corrected chi connectivity index (χ2v) is 7.57. The van der Waals surface area contributed by atoms with Crippen molar-refractivity contribution in [2.24, 2.45) is 0 Å². The first-order valence-electron chi connectivity index (χ1n) is 6.29. The third-order valence-electron chi connectivity index (χ3n) is 2.76. The van der Waals surface area contributed by atoms with Crippen molar-refractivity contribution in [1.82, 2.24) is 10.0 Å². The summed E-state index contributed by atoms with van der Waals surface area (Å²) in [7, 11) is -1.59. The van der Waals surface area contributed by atoms with E-state index in [9.17, 15) is 8.42 Å². The molecule has 2 aromatic heterocycles. The molecule has 0 spiro atoms. The molecule has 5 nitrogen and oxygen atoms in total. The van der Waals surface area contributed by atoms with Crippen LogP contribution in [-0.4, -0.2) is 22.0 Å². The van der Waals surface area contributed by atoms with Crippen LogP contribution in [0.3, 0.4) is 0 Å². The highest BCUT2D eigenvalue weighted by atomic mass is 32.2. The summed E-state index contributed by atoms with van der Waals surface area (Å²) in [6.45, 7) is 2.82. The molecule has 2 heterocycles. The molecule has 2 rings (SSSR count). The van der Waals surface area contributed by atoms with E-state index < -0.39 is 10.0 Å². The van der Waals surface area contributed by atoms with Gasteiger partial charge in [-0.05, 0) is 51.2 Å². The minimum absolute atomic E-state index is 0.167. The Bertz CT molecular complexity index is 659. The number of thiophene rings is 1. The lowest BCUT2D eigenvalue weighted by molar-refractivity contribution is 0.475. The van der Waals surface area contributed by atoms with Gasteiger partial charge in [0.2, 0.25) is 10.0 Å². The summed E-state index contributed by atoms with van der Waals surface area (Å²) in [6.07, 6.45) is 0.827. The highest BCUT2D eigenvalue weighted by Crippen LogP contribution is 2.22. The monoisotopic (exact) mass is 314 g/mol. The Morgan fingerprint density at radius 3 is 2.70 bits per heavy atom. The van der Waals surface area contributed by atoms with Crippen LogP contribution in [0.5, 0.6) is 0 Å². The summed E-state index contributed by atoms with van der Waals surface area (Å²) in [6, 6.07) is 7.08. The maximum atomic E-state index is 12.1. The molecule has 0 amide bonds. The van der Waals surface area contributed by atoms with Crippen LogP contribution in [0.4, 0.5) is 0 Å². The van der Waals surface area contributed by atoms with Gasteiger partial charge in [0.15, 0.2) is 0 Å². The quantitative estimate of drug-likeness (QED) is 0.819. The van der Waals surface area contributed by atoms with Gasteiger partial charge in [0.1, 0.15) is 15.7 Å². The maximum Gasteiger partial charge on any atom is 0.250 e. The Hall–Kier alpha value is -1.15. The molecule has 0 saturated heterocycles. The predicted octanol–water partition coefficient (Wildman–Crippen LogP) is 1.89. The van der Waals surface area contributed by atoms with E-state index in [2.05, 4.69) is 10.0 Å². The number of rotatable bonds is 7. The molecule has 2 N–H and O–H groups in total. The van der Waals surface area contributed by atoms with Crippen LogP contribution in [0.25, 0.3) is 0 Å². The average molecular weight is 314 g/mol. The van der Waals surface area contributed by atoms with E-state index in [1.165, 1.54) is 11.3 Å². The average Bonchev–Trinajstić information content (AvgIpc) is 3.03. The third kappa shape index (κ3) is 3.92. The highest BCUT2D eigenvalue weighted by molar-refractivity contribution is 7.91. The fourth-order valence-electron chi connectivity index (χ4n) is 1.70. The summed E-state index contributed by atoms with van der Waals surface area (Å²) in [4.78, 5) is 1.05. The largest absolute Gasteiger partial charge is 0.465 e. The first-order chi connectivity index (χ1) is 9.51. The van der Waals surface area contributed by atoms with Gasteiger partial charge >= 0.3 is 0 Å². The van der Waals surface area contributed by atoms with Crippen LogP contribution in [0.2, 0.25) is 0 Å². The standard InChI is InChI=1S/C13H18N2O3S2/c1-10-3-4-11(18-10)9-15-20(16,17)13-6-5-12(19-13)7-8-14-2/h3-6,14-15H,7-9H2,1-2H3. The van der Waals surface area contributed by atoms with E-state index in [4.69, 9.17) is 4.42 Å². The number of aryl methyl sites for hydroxylation is 1. The van der Waals surface area contributed by atoms with Crippen LogP contribution >= 0.6 is 11.3 Å². The molecule has 20 heavy (non-hydrogen) atoms. The van der Waals surface area contributed by atoms with Crippen molar-refractivity contribution in [2.75, 3.05) is 13.6 Å². The molecule has 0 unspecified atom stereocenters. The van der Waals surface area contributed by atoms with Gasteiger partial charge in [0.25, 0.3) is 0 Å². The molecule has 7 heteroatoms. The molecule has 0 radical (unpaired) electrons. The number of hydrogen-bond acceptors (Lipinski definition) is 5. The molecule has 0 aliphatic carbocycles. The minimum Gasteiger partial charge on any atom is -0.465 e. The Kier molecular flexibility index (Phi) is 4.98. The lowest BCUT2D eigenvalue weighted by Gasteiger charge is -2.02. The number of nitrogens with one attached hydrogen (secondary N) is 2. The first kappa shape index (κ1) is 15.2. The molecule has 110 valence electrons.